The van der Waals surface area contributed by atoms with Crippen LogP contribution in [-0.2, 0) is 7.05 Å². The first-order valence-electron chi connectivity index (χ1n) is 4.36. The van der Waals surface area contributed by atoms with Crippen LogP contribution in [0, 0.1) is 0 Å². The van der Waals surface area contributed by atoms with Crippen molar-refractivity contribution < 1.29 is 4.42 Å². The number of hydrogen-bond acceptors (Lipinski definition) is 4. The van der Waals surface area contributed by atoms with Gasteiger partial charge in [0.1, 0.15) is 6.33 Å². The highest BCUT2D eigenvalue weighted by Crippen LogP contribution is 2.19. The number of hydrogen-bond donors (Lipinski definition) is 1. The van der Waals surface area contributed by atoms with Gasteiger partial charge in [-0.25, -0.2) is 0 Å². The fourth-order valence-corrected chi connectivity index (χ4v) is 1.44. The van der Waals surface area contributed by atoms with Crippen molar-refractivity contribution in [3.8, 4) is 0 Å². The lowest BCUT2D eigenvalue weighted by Gasteiger charge is -2.12. The molecular weight excluding hydrogens is 180 g/mol. The van der Waals surface area contributed by atoms with Gasteiger partial charge in [-0.15, -0.1) is 10.2 Å². The second-order valence-electron chi connectivity index (χ2n) is 3.08. The number of furan rings is 1. The topological polar surface area (TPSA) is 55.9 Å². The van der Waals surface area contributed by atoms with Crippen molar-refractivity contribution >= 4 is 0 Å². The van der Waals surface area contributed by atoms with Crippen molar-refractivity contribution in [2.45, 2.75) is 6.04 Å². The first-order valence-corrected chi connectivity index (χ1v) is 4.36. The Morgan fingerprint density at radius 2 is 2.43 bits per heavy atom. The van der Waals surface area contributed by atoms with Crippen LogP contribution in [0.3, 0.4) is 0 Å². The monoisotopic (exact) mass is 192 g/mol. The molecule has 14 heavy (non-hydrogen) atoms. The molecule has 1 unspecified atom stereocenters. The van der Waals surface area contributed by atoms with Crippen molar-refractivity contribution in [1.82, 2.24) is 20.1 Å². The largest absolute Gasteiger partial charge is 0.472 e. The van der Waals surface area contributed by atoms with Gasteiger partial charge >= 0.3 is 0 Å². The van der Waals surface area contributed by atoms with Crippen LogP contribution in [0.5, 0.6) is 0 Å². The number of nitrogens with one attached hydrogen (secondary N) is 1. The van der Waals surface area contributed by atoms with Crippen molar-refractivity contribution in [2.24, 2.45) is 7.05 Å². The van der Waals surface area contributed by atoms with Gasteiger partial charge in [-0.05, 0) is 13.1 Å². The van der Waals surface area contributed by atoms with Gasteiger partial charge in [0.05, 0.1) is 18.6 Å². The van der Waals surface area contributed by atoms with Gasteiger partial charge in [0.15, 0.2) is 5.82 Å². The van der Waals surface area contributed by atoms with Crippen LogP contribution < -0.4 is 5.32 Å². The molecule has 0 aliphatic rings. The fourth-order valence-electron chi connectivity index (χ4n) is 1.44. The third-order valence-corrected chi connectivity index (χ3v) is 2.17. The molecule has 1 atom stereocenters. The van der Waals surface area contributed by atoms with E-state index in [1.54, 1.807) is 18.9 Å². The highest BCUT2D eigenvalue weighted by Gasteiger charge is 2.17. The zero-order valence-corrected chi connectivity index (χ0v) is 8.14. The molecule has 0 fully saturated rings. The molecule has 2 heterocycles. The summed E-state index contributed by atoms with van der Waals surface area (Å²) in [7, 11) is 3.80. The molecule has 0 aliphatic carbocycles. The average Bonchev–Trinajstić information content (AvgIpc) is 2.80. The Morgan fingerprint density at radius 3 is 2.93 bits per heavy atom. The predicted octanol–water partition coefficient (Wildman–Crippen LogP) is 0.717. The van der Waals surface area contributed by atoms with E-state index >= 15 is 0 Å². The maximum absolute atomic E-state index is 5.04. The molecule has 0 bridgehead atoms. The van der Waals surface area contributed by atoms with Crippen LogP contribution in [0.2, 0.25) is 0 Å². The Labute approximate surface area is 81.8 Å². The van der Waals surface area contributed by atoms with E-state index in [0.29, 0.717) is 0 Å². The number of rotatable bonds is 3. The summed E-state index contributed by atoms with van der Waals surface area (Å²) in [6, 6.07) is 1.94. The first kappa shape index (κ1) is 8.96. The molecule has 0 saturated carbocycles. The molecule has 1 N–H and O–H groups in total. The molecule has 0 amide bonds. The summed E-state index contributed by atoms with van der Waals surface area (Å²) < 4.78 is 6.92. The number of aromatic nitrogens is 3. The first-order chi connectivity index (χ1) is 6.83. The maximum Gasteiger partial charge on any atom is 0.154 e. The van der Waals surface area contributed by atoms with E-state index in [-0.39, 0.29) is 6.04 Å². The highest BCUT2D eigenvalue weighted by molar-refractivity contribution is 5.19. The SMILES string of the molecule is CNC(c1ccoc1)c1nncn1C. The van der Waals surface area contributed by atoms with E-state index in [2.05, 4.69) is 15.5 Å². The lowest BCUT2D eigenvalue weighted by atomic mass is 10.1. The van der Waals surface area contributed by atoms with Crippen molar-refractivity contribution in [3.63, 3.8) is 0 Å². The smallest absolute Gasteiger partial charge is 0.154 e. The minimum Gasteiger partial charge on any atom is -0.472 e. The van der Waals surface area contributed by atoms with Gasteiger partial charge in [-0.2, -0.15) is 0 Å². The third-order valence-electron chi connectivity index (χ3n) is 2.17. The zero-order chi connectivity index (χ0) is 9.97. The fraction of sp³-hybridized carbons (Fsp3) is 0.333. The average molecular weight is 192 g/mol. The Hall–Kier alpha value is -1.62. The molecule has 2 aromatic heterocycles. The minimum atomic E-state index is 0.0289. The summed E-state index contributed by atoms with van der Waals surface area (Å²) in [6.45, 7) is 0. The van der Waals surface area contributed by atoms with Crippen molar-refractivity contribution in [3.05, 3.63) is 36.3 Å². The molecule has 5 heteroatoms. The van der Waals surface area contributed by atoms with E-state index in [1.807, 2.05) is 24.7 Å². The molecule has 2 rings (SSSR count). The molecule has 0 spiro atoms. The van der Waals surface area contributed by atoms with E-state index < -0.39 is 0 Å². The molecule has 0 aliphatic heterocycles. The van der Waals surface area contributed by atoms with Gasteiger partial charge < -0.3 is 14.3 Å². The number of aryl methyl sites for hydroxylation is 1. The summed E-state index contributed by atoms with van der Waals surface area (Å²) in [5.74, 6) is 0.869. The maximum atomic E-state index is 5.04. The molecule has 74 valence electrons. The Morgan fingerprint density at radius 1 is 1.57 bits per heavy atom. The Balaban J connectivity index is 2.36. The van der Waals surface area contributed by atoms with Gasteiger partial charge in [-0.1, -0.05) is 0 Å². The molecule has 0 radical (unpaired) electrons. The number of nitrogens with zero attached hydrogens (tertiary/aromatic N) is 3. The highest BCUT2D eigenvalue weighted by atomic mass is 16.3. The van der Waals surface area contributed by atoms with Crippen LogP contribution in [0.4, 0.5) is 0 Å². The Bertz CT molecular complexity index is 393. The Kier molecular flexibility index (Phi) is 2.32. The van der Waals surface area contributed by atoms with Gasteiger partial charge in [0, 0.05) is 12.6 Å². The van der Waals surface area contributed by atoms with Crippen LogP contribution in [-0.4, -0.2) is 21.8 Å². The molecular formula is C9H12N4O. The van der Waals surface area contributed by atoms with Gasteiger partial charge in [0.2, 0.25) is 0 Å². The molecule has 2 aromatic rings. The standard InChI is InChI=1S/C9H12N4O/c1-10-8(7-3-4-14-5-7)9-12-11-6-13(9)2/h3-6,8,10H,1-2H3. The lowest BCUT2D eigenvalue weighted by Crippen LogP contribution is -2.20. The molecule has 5 nitrogen and oxygen atoms in total. The van der Waals surface area contributed by atoms with Crippen molar-refractivity contribution in [1.29, 1.82) is 0 Å². The van der Waals surface area contributed by atoms with Crippen LogP contribution >= 0.6 is 0 Å². The van der Waals surface area contributed by atoms with E-state index in [9.17, 15) is 0 Å². The summed E-state index contributed by atoms with van der Waals surface area (Å²) in [4.78, 5) is 0. The van der Waals surface area contributed by atoms with E-state index in [0.717, 1.165) is 11.4 Å². The summed E-state index contributed by atoms with van der Waals surface area (Å²) in [6.07, 6.45) is 5.03. The minimum absolute atomic E-state index is 0.0289. The summed E-state index contributed by atoms with van der Waals surface area (Å²) in [5.41, 5.74) is 1.05. The second-order valence-corrected chi connectivity index (χ2v) is 3.08. The zero-order valence-electron chi connectivity index (χ0n) is 8.14. The second kappa shape index (κ2) is 3.63. The summed E-state index contributed by atoms with van der Waals surface area (Å²) >= 11 is 0. The van der Waals surface area contributed by atoms with Crippen LogP contribution in [0.25, 0.3) is 0 Å². The summed E-state index contributed by atoms with van der Waals surface area (Å²) in [5, 5.41) is 11.1. The van der Waals surface area contributed by atoms with Crippen molar-refractivity contribution in [2.75, 3.05) is 7.05 Å². The van der Waals surface area contributed by atoms with Crippen LogP contribution in [0.1, 0.15) is 17.4 Å². The van der Waals surface area contributed by atoms with Gasteiger partial charge in [-0.3, -0.25) is 0 Å². The third kappa shape index (κ3) is 1.42. The van der Waals surface area contributed by atoms with Crippen LogP contribution in [0.15, 0.2) is 29.3 Å². The normalized spacial score (nSPS) is 13.0. The quantitative estimate of drug-likeness (QED) is 0.778. The molecule has 0 saturated heterocycles. The predicted molar refractivity (Wildman–Crippen MR) is 50.6 cm³/mol. The van der Waals surface area contributed by atoms with E-state index in [4.69, 9.17) is 4.42 Å². The van der Waals surface area contributed by atoms with Gasteiger partial charge in [0.25, 0.3) is 0 Å². The molecule has 0 aromatic carbocycles. The van der Waals surface area contributed by atoms with E-state index in [1.165, 1.54) is 0 Å². The lowest BCUT2D eigenvalue weighted by molar-refractivity contribution is 0.550.